The lowest BCUT2D eigenvalue weighted by atomic mass is 10.1. The second-order valence-corrected chi connectivity index (χ2v) is 6.78. The normalized spacial score (nSPS) is 19.5. The predicted octanol–water partition coefficient (Wildman–Crippen LogP) is 4.43. The van der Waals surface area contributed by atoms with Gasteiger partial charge >= 0.3 is 0 Å². The van der Waals surface area contributed by atoms with Crippen molar-refractivity contribution in [3.05, 3.63) is 53.5 Å². The molecule has 0 radical (unpaired) electrons. The number of hydrogen-bond acceptors (Lipinski definition) is 3. The summed E-state index contributed by atoms with van der Waals surface area (Å²) in [7, 11) is 3.99. The topological polar surface area (TPSA) is 45.5 Å². The summed E-state index contributed by atoms with van der Waals surface area (Å²) in [6.07, 6.45) is 4.42. The molecule has 1 aliphatic carbocycles. The van der Waals surface area contributed by atoms with Crippen molar-refractivity contribution < 1.29 is 9.21 Å². The Morgan fingerprint density at radius 3 is 2.67 bits per heavy atom. The highest BCUT2D eigenvalue weighted by atomic mass is 16.3. The van der Waals surface area contributed by atoms with Crippen LogP contribution in [0.4, 0.5) is 11.4 Å². The van der Waals surface area contributed by atoms with E-state index in [1.807, 2.05) is 50.2 Å². The van der Waals surface area contributed by atoms with Gasteiger partial charge in [0, 0.05) is 37.5 Å². The second kappa shape index (κ2) is 6.56. The van der Waals surface area contributed by atoms with Crippen LogP contribution in [0.3, 0.4) is 0 Å². The summed E-state index contributed by atoms with van der Waals surface area (Å²) in [5.74, 6) is 2.85. The van der Waals surface area contributed by atoms with E-state index in [0.717, 1.165) is 28.5 Å². The number of benzene rings is 1. The summed E-state index contributed by atoms with van der Waals surface area (Å²) in [5.41, 5.74) is 2.96. The number of carbonyl (C=O) groups is 1. The van der Waals surface area contributed by atoms with Gasteiger partial charge in [-0.1, -0.05) is 6.92 Å². The number of hydrogen-bond donors (Lipinski definition) is 1. The highest BCUT2D eigenvalue weighted by molar-refractivity contribution is 6.02. The molecule has 1 aromatic heterocycles. The molecule has 1 amide bonds. The molecule has 0 spiro atoms. The molecule has 0 aliphatic heterocycles. The van der Waals surface area contributed by atoms with Crippen molar-refractivity contribution in [2.24, 2.45) is 5.92 Å². The maximum atomic E-state index is 12.1. The van der Waals surface area contributed by atoms with E-state index in [0.29, 0.717) is 11.8 Å². The van der Waals surface area contributed by atoms with Crippen LogP contribution in [0.5, 0.6) is 0 Å². The van der Waals surface area contributed by atoms with Crippen LogP contribution in [0.25, 0.3) is 6.08 Å². The number of nitrogens with zero attached hydrogens (tertiary/aromatic N) is 1. The number of nitrogens with one attached hydrogen (secondary N) is 1. The van der Waals surface area contributed by atoms with Gasteiger partial charge in [-0.15, -0.1) is 0 Å². The van der Waals surface area contributed by atoms with E-state index in [-0.39, 0.29) is 5.91 Å². The number of aryl methyl sites for hydroxylation is 1. The summed E-state index contributed by atoms with van der Waals surface area (Å²) >= 11 is 0. The van der Waals surface area contributed by atoms with Crippen LogP contribution in [0.15, 0.2) is 40.8 Å². The SMILES string of the molecule is Cc1cc(N(C)C)ccc1NC(=O)/C=C/c1ccc(C2CC2C)o1. The first-order valence-corrected chi connectivity index (χ1v) is 8.31. The lowest BCUT2D eigenvalue weighted by molar-refractivity contribution is -0.111. The quantitative estimate of drug-likeness (QED) is 0.828. The van der Waals surface area contributed by atoms with E-state index in [9.17, 15) is 4.79 Å². The van der Waals surface area contributed by atoms with Crippen molar-refractivity contribution >= 4 is 23.4 Å². The first kappa shape index (κ1) is 16.4. The largest absolute Gasteiger partial charge is 0.461 e. The summed E-state index contributed by atoms with van der Waals surface area (Å²) in [5, 5.41) is 2.91. The van der Waals surface area contributed by atoms with Gasteiger partial charge in [-0.2, -0.15) is 0 Å². The number of carbonyl (C=O) groups excluding carboxylic acids is 1. The minimum absolute atomic E-state index is 0.159. The molecule has 2 unspecified atom stereocenters. The van der Waals surface area contributed by atoms with Gasteiger partial charge in [-0.05, 0) is 61.2 Å². The van der Waals surface area contributed by atoms with Gasteiger partial charge in [0.25, 0.3) is 0 Å². The number of rotatable bonds is 5. The minimum Gasteiger partial charge on any atom is -0.461 e. The third-order valence-corrected chi connectivity index (χ3v) is 4.51. The van der Waals surface area contributed by atoms with Crippen LogP contribution in [0.1, 0.15) is 36.3 Å². The third kappa shape index (κ3) is 3.70. The zero-order chi connectivity index (χ0) is 17.3. The van der Waals surface area contributed by atoms with Crippen LogP contribution >= 0.6 is 0 Å². The molecular weight excluding hydrogens is 300 g/mol. The average molecular weight is 324 g/mol. The predicted molar refractivity (Wildman–Crippen MR) is 98.4 cm³/mol. The Bertz CT molecular complexity index is 774. The maximum absolute atomic E-state index is 12.1. The number of furan rings is 1. The lowest BCUT2D eigenvalue weighted by Crippen LogP contribution is -2.11. The van der Waals surface area contributed by atoms with Gasteiger partial charge in [0.15, 0.2) is 0 Å². The molecular formula is C20H24N2O2. The Morgan fingerprint density at radius 1 is 1.29 bits per heavy atom. The first-order valence-electron chi connectivity index (χ1n) is 8.31. The molecule has 4 heteroatoms. The molecule has 1 fully saturated rings. The van der Waals surface area contributed by atoms with Gasteiger partial charge in [0.05, 0.1) is 0 Å². The second-order valence-electron chi connectivity index (χ2n) is 6.78. The van der Waals surface area contributed by atoms with Gasteiger partial charge in [0.1, 0.15) is 11.5 Å². The third-order valence-electron chi connectivity index (χ3n) is 4.51. The average Bonchev–Trinajstić information content (AvgIpc) is 3.08. The Hall–Kier alpha value is -2.49. The minimum atomic E-state index is -0.159. The first-order chi connectivity index (χ1) is 11.4. The molecule has 1 aliphatic rings. The Morgan fingerprint density at radius 2 is 2.04 bits per heavy atom. The molecule has 2 aromatic rings. The molecule has 1 aromatic carbocycles. The molecule has 1 heterocycles. The van der Waals surface area contributed by atoms with Crippen LogP contribution in [0, 0.1) is 12.8 Å². The van der Waals surface area contributed by atoms with Gasteiger partial charge in [-0.25, -0.2) is 0 Å². The fourth-order valence-electron chi connectivity index (χ4n) is 2.77. The zero-order valence-corrected chi connectivity index (χ0v) is 14.7. The van der Waals surface area contributed by atoms with E-state index in [1.165, 1.54) is 12.5 Å². The number of anilines is 2. The fraction of sp³-hybridized carbons (Fsp3) is 0.350. The van der Waals surface area contributed by atoms with Crippen molar-refractivity contribution in [1.82, 2.24) is 0 Å². The van der Waals surface area contributed by atoms with Gasteiger partial charge < -0.3 is 14.6 Å². The van der Waals surface area contributed by atoms with E-state index < -0.39 is 0 Å². The summed E-state index contributed by atoms with van der Waals surface area (Å²) in [6.45, 7) is 4.21. The van der Waals surface area contributed by atoms with Crippen LogP contribution in [0.2, 0.25) is 0 Å². The summed E-state index contributed by atoms with van der Waals surface area (Å²) in [4.78, 5) is 14.1. The molecule has 2 atom stereocenters. The molecule has 1 saturated carbocycles. The van der Waals surface area contributed by atoms with Crippen molar-refractivity contribution in [1.29, 1.82) is 0 Å². The highest BCUT2D eigenvalue weighted by Gasteiger charge is 2.36. The van der Waals surface area contributed by atoms with Crippen LogP contribution in [-0.4, -0.2) is 20.0 Å². The van der Waals surface area contributed by atoms with Crippen LogP contribution < -0.4 is 10.2 Å². The molecule has 4 nitrogen and oxygen atoms in total. The van der Waals surface area contributed by atoms with E-state index >= 15 is 0 Å². The molecule has 0 bridgehead atoms. The molecule has 3 rings (SSSR count). The van der Waals surface area contributed by atoms with Crippen molar-refractivity contribution in [3.63, 3.8) is 0 Å². The Labute approximate surface area is 143 Å². The zero-order valence-electron chi connectivity index (χ0n) is 14.7. The van der Waals surface area contributed by atoms with Crippen molar-refractivity contribution in [3.8, 4) is 0 Å². The van der Waals surface area contributed by atoms with Crippen molar-refractivity contribution in [2.45, 2.75) is 26.2 Å². The Balaban J connectivity index is 1.62. The number of amides is 1. The van der Waals surface area contributed by atoms with Gasteiger partial charge in [0.2, 0.25) is 5.91 Å². The molecule has 24 heavy (non-hydrogen) atoms. The van der Waals surface area contributed by atoms with E-state index in [2.05, 4.69) is 18.3 Å². The Kier molecular flexibility index (Phi) is 4.47. The molecule has 126 valence electrons. The van der Waals surface area contributed by atoms with Gasteiger partial charge in [-0.3, -0.25) is 4.79 Å². The smallest absolute Gasteiger partial charge is 0.248 e. The monoisotopic (exact) mass is 324 g/mol. The summed E-state index contributed by atoms with van der Waals surface area (Å²) < 4.78 is 5.77. The molecule has 1 N–H and O–H groups in total. The standard InChI is InChI=1S/C20H24N2O2/c1-13-12-17(13)19-9-6-16(24-19)7-10-20(23)21-18-8-5-15(22(3)4)11-14(18)2/h5-11,13,17H,12H2,1-4H3,(H,21,23)/b10-7+. The maximum Gasteiger partial charge on any atom is 0.248 e. The highest BCUT2D eigenvalue weighted by Crippen LogP contribution is 2.47. The van der Waals surface area contributed by atoms with E-state index in [4.69, 9.17) is 4.42 Å². The molecule has 0 saturated heterocycles. The van der Waals surface area contributed by atoms with E-state index in [1.54, 1.807) is 6.08 Å². The van der Waals surface area contributed by atoms with Crippen LogP contribution in [-0.2, 0) is 4.79 Å². The summed E-state index contributed by atoms with van der Waals surface area (Å²) in [6, 6.07) is 9.89. The lowest BCUT2D eigenvalue weighted by Gasteiger charge is -2.15. The fourth-order valence-corrected chi connectivity index (χ4v) is 2.77. The van der Waals surface area contributed by atoms with Crippen molar-refractivity contribution in [2.75, 3.05) is 24.3 Å².